The molecule has 2 rings (SSSR count). The Morgan fingerprint density at radius 2 is 1.95 bits per heavy atom. The maximum atomic E-state index is 4.56. The molecule has 2 aromatic rings. The molecule has 0 aliphatic carbocycles. The average molecular weight is 270 g/mol. The second kappa shape index (κ2) is 6.89. The molecule has 0 bridgehead atoms. The summed E-state index contributed by atoms with van der Waals surface area (Å²) >= 11 is 0. The highest BCUT2D eigenvalue weighted by molar-refractivity contribution is 5.42. The average Bonchev–Trinajstić information content (AvgIpc) is 2.48. The van der Waals surface area contributed by atoms with Gasteiger partial charge in [-0.15, -0.1) is 0 Å². The molecule has 0 amide bonds. The number of hydrogen-bond acceptors (Lipinski definition) is 4. The van der Waals surface area contributed by atoms with Crippen molar-refractivity contribution in [1.82, 2.24) is 9.97 Å². The Bertz CT molecular complexity index is 527. The van der Waals surface area contributed by atoms with Gasteiger partial charge in [0.2, 0.25) is 5.95 Å². The molecule has 0 saturated carbocycles. The molecular formula is C16H22N4. The molecule has 0 spiro atoms. The van der Waals surface area contributed by atoms with Crippen molar-refractivity contribution in [2.24, 2.45) is 0 Å². The van der Waals surface area contributed by atoms with Crippen molar-refractivity contribution in [3.05, 3.63) is 48.2 Å². The zero-order valence-electron chi connectivity index (χ0n) is 12.4. The van der Waals surface area contributed by atoms with E-state index in [9.17, 15) is 0 Å². The van der Waals surface area contributed by atoms with Gasteiger partial charge >= 0.3 is 0 Å². The number of benzene rings is 1. The molecule has 1 aromatic carbocycles. The SMILES string of the molecule is CCC(C)Nc1nccc(N(C)Cc2ccccc2)n1. The van der Waals surface area contributed by atoms with E-state index in [1.807, 2.05) is 19.2 Å². The molecule has 4 heteroatoms. The maximum Gasteiger partial charge on any atom is 0.224 e. The number of anilines is 2. The molecule has 1 aromatic heterocycles. The summed E-state index contributed by atoms with van der Waals surface area (Å²) in [7, 11) is 2.04. The van der Waals surface area contributed by atoms with Crippen molar-refractivity contribution in [3.63, 3.8) is 0 Å². The van der Waals surface area contributed by atoms with Gasteiger partial charge in [0.25, 0.3) is 0 Å². The first-order chi connectivity index (χ1) is 9.69. The van der Waals surface area contributed by atoms with Crippen LogP contribution in [0.5, 0.6) is 0 Å². The van der Waals surface area contributed by atoms with Gasteiger partial charge in [0.1, 0.15) is 5.82 Å². The number of aromatic nitrogens is 2. The number of nitrogens with zero attached hydrogens (tertiary/aromatic N) is 3. The molecule has 1 unspecified atom stereocenters. The molecule has 0 aliphatic heterocycles. The lowest BCUT2D eigenvalue weighted by atomic mass is 10.2. The molecule has 0 radical (unpaired) electrons. The molecular weight excluding hydrogens is 248 g/mol. The normalized spacial score (nSPS) is 11.9. The van der Waals surface area contributed by atoms with E-state index < -0.39 is 0 Å². The van der Waals surface area contributed by atoms with Gasteiger partial charge in [-0.25, -0.2) is 4.98 Å². The molecule has 106 valence electrons. The highest BCUT2D eigenvalue weighted by atomic mass is 15.2. The van der Waals surface area contributed by atoms with E-state index in [1.165, 1.54) is 5.56 Å². The minimum absolute atomic E-state index is 0.379. The molecule has 1 N–H and O–H groups in total. The molecule has 0 aliphatic rings. The van der Waals surface area contributed by atoms with E-state index in [4.69, 9.17) is 0 Å². The first-order valence-electron chi connectivity index (χ1n) is 7.03. The predicted octanol–water partition coefficient (Wildman–Crippen LogP) is 3.32. The van der Waals surface area contributed by atoms with Gasteiger partial charge in [-0.2, -0.15) is 4.98 Å². The van der Waals surface area contributed by atoms with Gasteiger partial charge in [0.15, 0.2) is 0 Å². The highest BCUT2D eigenvalue weighted by Crippen LogP contribution is 2.14. The number of rotatable bonds is 6. The Balaban J connectivity index is 2.06. The summed E-state index contributed by atoms with van der Waals surface area (Å²) in [4.78, 5) is 11.0. The van der Waals surface area contributed by atoms with Crippen molar-refractivity contribution in [2.75, 3.05) is 17.3 Å². The first kappa shape index (κ1) is 14.3. The third-order valence-corrected chi connectivity index (χ3v) is 3.28. The monoisotopic (exact) mass is 270 g/mol. The highest BCUT2D eigenvalue weighted by Gasteiger charge is 2.06. The summed E-state index contributed by atoms with van der Waals surface area (Å²) in [6, 6.07) is 12.7. The summed E-state index contributed by atoms with van der Waals surface area (Å²) in [6.07, 6.45) is 2.85. The van der Waals surface area contributed by atoms with Gasteiger partial charge in [-0.05, 0) is 25.0 Å². The fourth-order valence-electron chi connectivity index (χ4n) is 1.89. The van der Waals surface area contributed by atoms with Crippen LogP contribution in [0.15, 0.2) is 42.6 Å². The van der Waals surface area contributed by atoms with Gasteiger partial charge < -0.3 is 10.2 Å². The Hall–Kier alpha value is -2.10. The van der Waals surface area contributed by atoms with Crippen LogP contribution < -0.4 is 10.2 Å². The van der Waals surface area contributed by atoms with E-state index in [0.29, 0.717) is 12.0 Å². The van der Waals surface area contributed by atoms with Crippen molar-refractivity contribution >= 4 is 11.8 Å². The minimum atomic E-state index is 0.379. The number of hydrogen-bond donors (Lipinski definition) is 1. The Labute approximate surface area is 120 Å². The Morgan fingerprint density at radius 1 is 1.20 bits per heavy atom. The van der Waals surface area contributed by atoms with Gasteiger partial charge in [0, 0.05) is 25.8 Å². The van der Waals surface area contributed by atoms with Gasteiger partial charge in [0.05, 0.1) is 0 Å². The third kappa shape index (κ3) is 3.95. The quantitative estimate of drug-likeness (QED) is 0.874. The van der Waals surface area contributed by atoms with Crippen LogP contribution in [0.3, 0.4) is 0 Å². The second-order valence-electron chi connectivity index (χ2n) is 5.03. The first-order valence-corrected chi connectivity index (χ1v) is 7.03. The van der Waals surface area contributed by atoms with Crippen LogP contribution in [0.4, 0.5) is 11.8 Å². The molecule has 20 heavy (non-hydrogen) atoms. The largest absolute Gasteiger partial charge is 0.355 e. The van der Waals surface area contributed by atoms with Crippen molar-refractivity contribution in [2.45, 2.75) is 32.9 Å². The smallest absolute Gasteiger partial charge is 0.224 e. The van der Waals surface area contributed by atoms with Crippen LogP contribution in [0.1, 0.15) is 25.8 Å². The summed E-state index contributed by atoms with van der Waals surface area (Å²) in [5, 5.41) is 3.30. The zero-order chi connectivity index (χ0) is 14.4. The standard InChI is InChI=1S/C16H22N4/c1-4-13(2)18-16-17-11-10-15(19-16)20(3)12-14-8-6-5-7-9-14/h5-11,13H,4,12H2,1-3H3,(H,17,18,19). The third-order valence-electron chi connectivity index (χ3n) is 3.28. The van der Waals surface area contributed by atoms with E-state index in [2.05, 4.69) is 58.3 Å². The topological polar surface area (TPSA) is 41.1 Å². The van der Waals surface area contributed by atoms with E-state index in [0.717, 1.165) is 18.8 Å². The summed E-state index contributed by atoms with van der Waals surface area (Å²) in [6.45, 7) is 5.10. The van der Waals surface area contributed by atoms with E-state index in [1.54, 1.807) is 6.20 Å². The van der Waals surface area contributed by atoms with Crippen LogP contribution in [-0.2, 0) is 6.54 Å². The molecule has 0 fully saturated rings. The van der Waals surface area contributed by atoms with E-state index in [-0.39, 0.29) is 0 Å². The maximum absolute atomic E-state index is 4.56. The lowest BCUT2D eigenvalue weighted by Gasteiger charge is -2.19. The Morgan fingerprint density at radius 3 is 2.65 bits per heavy atom. The summed E-state index contributed by atoms with van der Waals surface area (Å²) < 4.78 is 0. The lowest BCUT2D eigenvalue weighted by Crippen LogP contribution is -2.20. The lowest BCUT2D eigenvalue weighted by molar-refractivity contribution is 0.751. The van der Waals surface area contributed by atoms with Crippen LogP contribution in [-0.4, -0.2) is 23.1 Å². The van der Waals surface area contributed by atoms with Crippen LogP contribution in [0.25, 0.3) is 0 Å². The second-order valence-corrected chi connectivity index (χ2v) is 5.03. The van der Waals surface area contributed by atoms with Gasteiger partial charge in [-0.3, -0.25) is 0 Å². The molecule has 0 saturated heterocycles. The summed E-state index contributed by atoms with van der Waals surface area (Å²) in [5.41, 5.74) is 1.27. The van der Waals surface area contributed by atoms with Crippen LogP contribution >= 0.6 is 0 Å². The van der Waals surface area contributed by atoms with E-state index >= 15 is 0 Å². The minimum Gasteiger partial charge on any atom is -0.355 e. The van der Waals surface area contributed by atoms with Crippen molar-refractivity contribution in [3.8, 4) is 0 Å². The van der Waals surface area contributed by atoms with Crippen molar-refractivity contribution in [1.29, 1.82) is 0 Å². The molecule has 1 atom stereocenters. The van der Waals surface area contributed by atoms with Crippen LogP contribution in [0, 0.1) is 0 Å². The number of nitrogens with one attached hydrogen (secondary N) is 1. The van der Waals surface area contributed by atoms with Crippen LogP contribution in [0.2, 0.25) is 0 Å². The summed E-state index contributed by atoms with van der Waals surface area (Å²) in [5.74, 6) is 1.62. The fourth-order valence-corrected chi connectivity index (χ4v) is 1.89. The Kier molecular flexibility index (Phi) is 4.93. The predicted molar refractivity (Wildman–Crippen MR) is 84.0 cm³/mol. The molecule has 4 nitrogen and oxygen atoms in total. The zero-order valence-corrected chi connectivity index (χ0v) is 12.4. The molecule has 1 heterocycles. The van der Waals surface area contributed by atoms with Gasteiger partial charge in [-0.1, -0.05) is 37.3 Å². The fraction of sp³-hybridized carbons (Fsp3) is 0.375. The van der Waals surface area contributed by atoms with Crippen molar-refractivity contribution < 1.29 is 0 Å².